The first-order chi connectivity index (χ1) is 10.1. The minimum absolute atomic E-state index is 0.140. The monoisotopic (exact) mass is 280 g/mol. The molecule has 3 heteroatoms. The van der Waals surface area contributed by atoms with Gasteiger partial charge in [0.2, 0.25) is 0 Å². The van der Waals surface area contributed by atoms with E-state index in [4.69, 9.17) is 0 Å². The predicted molar refractivity (Wildman–Crippen MR) is 84.9 cm³/mol. The Hall–Kier alpha value is -2.42. The van der Waals surface area contributed by atoms with Gasteiger partial charge in [0.25, 0.3) is 0 Å². The van der Waals surface area contributed by atoms with Crippen molar-refractivity contribution in [3.05, 3.63) is 71.5 Å². The summed E-state index contributed by atoms with van der Waals surface area (Å²) in [5.41, 5.74) is 2.63. The summed E-state index contributed by atoms with van der Waals surface area (Å²) in [5, 5.41) is 4.42. The lowest BCUT2D eigenvalue weighted by Gasteiger charge is -2.17. The lowest BCUT2D eigenvalue weighted by molar-refractivity contribution is 0.600. The summed E-state index contributed by atoms with van der Waals surface area (Å²) < 4.78 is 13.8. The summed E-state index contributed by atoms with van der Waals surface area (Å²) in [6.07, 6.45) is 0. The zero-order valence-corrected chi connectivity index (χ0v) is 12.1. The number of rotatable bonds is 3. The molecule has 1 N–H and O–H groups in total. The lowest BCUT2D eigenvalue weighted by Crippen LogP contribution is -2.10. The SMILES string of the molecule is Cc1cc2ccccc2nc1NC(C)c1ccccc1F. The van der Waals surface area contributed by atoms with E-state index in [0.29, 0.717) is 5.56 Å². The number of aromatic nitrogens is 1. The van der Waals surface area contributed by atoms with E-state index in [0.717, 1.165) is 22.3 Å². The van der Waals surface area contributed by atoms with Gasteiger partial charge in [-0.3, -0.25) is 0 Å². The average Bonchev–Trinajstić information content (AvgIpc) is 2.48. The van der Waals surface area contributed by atoms with Crippen molar-refractivity contribution < 1.29 is 4.39 Å². The van der Waals surface area contributed by atoms with Crippen LogP contribution in [0.3, 0.4) is 0 Å². The van der Waals surface area contributed by atoms with E-state index in [1.54, 1.807) is 12.1 Å². The Morgan fingerprint density at radius 2 is 1.76 bits per heavy atom. The van der Waals surface area contributed by atoms with Crippen LogP contribution in [-0.2, 0) is 0 Å². The minimum Gasteiger partial charge on any atom is -0.363 e. The van der Waals surface area contributed by atoms with Gasteiger partial charge in [-0.1, -0.05) is 36.4 Å². The number of pyridine rings is 1. The van der Waals surface area contributed by atoms with Gasteiger partial charge in [-0.2, -0.15) is 0 Å². The maximum atomic E-state index is 13.8. The molecule has 0 amide bonds. The molecule has 0 aliphatic heterocycles. The third-order valence-electron chi connectivity index (χ3n) is 3.64. The molecule has 21 heavy (non-hydrogen) atoms. The van der Waals surface area contributed by atoms with Crippen molar-refractivity contribution in [3.8, 4) is 0 Å². The fourth-order valence-electron chi connectivity index (χ4n) is 2.48. The Bertz CT molecular complexity index is 783. The van der Waals surface area contributed by atoms with Crippen LogP contribution in [0.1, 0.15) is 24.1 Å². The van der Waals surface area contributed by atoms with E-state index in [2.05, 4.69) is 16.4 Å². The standard InChI is InChI=1S/C18H17FN2/c1-12-11-14-7-3-6-10-17(14)21-18(12)20-13(2)15-8-4-5-9-16(15)19/h3-11,13H,1-2H3,(H,20,21). The Morgan fingerprint density at radius 1 is 1.05 bits per heavy atom. The number of para-hydroxylation sites is 1. The molecule has 106 valence electrons. The highest BCUT2D eigenvalue weighted by atomic mass is 19.1. The molecule has 0 fully saturated rings. The number of nitrogens with zero attached hydrogens (tertiary/aromatic N) is 1. The van der Waals surface area contributed by atoms with Crippen molar-refractivity contribution in [1.29, 1.82) is 0 Å². The molecule has 0 radical (unpaired) electrons. The molecule has 1 aromatic heterocycles. The zero-order valence-electron chi connectivity index (χ0n) is 12.1. The van der Waals surface area contributed by atoms with Gasteiger partial charge < -0.3 is 5.32 Å². The van der Waals surface area contributed by atoms with Crippen molar-refractivity contribution in [2.45, 2.75) is 19.9 Å². The third kappa shape index (κ3) is 2.72. The number of aryl methyl sites for hydroxylation is 1. The second kappa shape index (κ2) is 5.52. The van der Waals surface area contributed by atoms with Crippen LogP contribution in [0.2, 0.25) is 0 Å². The van der Waals surface area contributed by atoms with E-state index in [-0.39, 0.29) is 11.9 Å². The van der Waals surface area contributed by atoms with Crippen LogP contribution in [0, 0.1) is 12.7 Å². The van der Waals surface area contributed by atoms with Gasteiger partial charge in [0.05, 0.1) is 11.6 Å². The second-order valence-corrected chi connectivity index (χ2v) is 5.23. The second-order valence-electron chi connectivity index (χ2n) is 5.23. The van der Waals surface area contributed by atoms with Gasteiger partial charge in [0.1, 0.15) is 11.6 Å². The summed E-state index contributed by atoms with van der Waals surface area (Å²) in [6.45, 7) is 3.95. The lowest BCUT2D eigenvalue weighted by atomic mass is 10.1. The van der Waals surface area contributed by atoms with Crippen molar-refractivity contribution in [1.82, 2.24) is 4.98 Å². The molecule has 0 saturated heterocycles. The largest absolute Gasteiger partial charge is 0.363 e. The summed E-state index contributed by atoms with van der Waals surface area (Å²) in [7, 11) is 0. The van der Waals surface area contributed by atoms with Crippen LogP contribution in [-0.4, -0.2) is 4.98 Å². The first-order valence-corrected chi connectivity index (χ1v) is 7.02. The molecule has 3 aromatic rings. The zero-order chi connectivity index (χ0) is 14.8. The summed E-state index contributed by atoms with van der Waals surface area (Å²) in [4.78, 5) is 4.64. The Balaban J connectivity index is 1.94. The highest BCUT2D eigenvalue weighted by molar-refractivity contribution is 5.81. The fourth-order valence-corrected chi connectivity index (χ4v) is 2.48. The summed E-state index contributed by atoms with van der Waals surface area (Å²) >= 11 is 0. The molecule has 0 saturated carbocycles. The first kappa shape index (κ1) is 13.6. The first-order valence-electron chi connectivity index (χ1n) is 7.02. The molecule has 1 atom stereocenters. The quantitative estimate of drug-likeness (QED) is 0.741. The van der Waals surface area contributed by atoms with Gasteiger partial charge in [-0.05, 0) is 37.6 Å². The highest BCUT2D eigenvalue weighted by Gasteiger charge is 2.12. The molecular formula is C18H17FN2. The van der Waals surface area contributed by atoms with Crippen LogP contribution in [0.5, 0.6) is 0 Å². The Kier molecular flexibility index (Phi) is 3.57. The molecule has 1 unspecified atom stereocenters. The van der Waals surface area contributed by atoms with Gasteiger partial charge >= 0.3 is 0 Å². The third-order valence-corrected chi connectivity index (χ3v) is 3.64. The minimum atomic E-state index is -0.198. The maximum absolute atomic E-state index is 13.8. The van der Waals surface area contributed by atoms with Crippen molar-refractivity contribution in [3.63, 3.8) is 0 Å². The Morgan fingerprint density at radius 3 is 2.57 bits per heavy atom. The molecule has 2 aromatic carbocycles. The van der Waals surface area contributed by atoms with Crippen LogP contribution in [0.15, 0.2) is 54.6 Å². The molecule has 2 nitrogen and oxygen atoms in total. The normalized spacial score (nSPS) is 12.3. The van der Waals surface area contributed by atoms with E-state index >= 15 is 0 Å². The molecule has 0 bridgehead atoms. The van der Waals surface area contributed by atoms with Crippen molar-refractivity contribution >= 4 is 16.7 Å². The van der Waals surface area contributed by atoms with Gasteiger partial charge in [-0.25, -0.2) is 9.37 Å². The van der Waals surface area contributed by atoms with Crippen LogP contribution < -0.4 is 5.32 Å². The van der Waals surface area contributed by atoms with Gasteiger partial charge in [-0.15, -0.1) is 0 Å². The van der Waals surface area contributed by atoms with E-state index < -0.39 is 0 Å². The number of halogens is 1. The number of hydrogen-bond donors (Lipinski definition) is 1. The molecule has 0 aliphatic carbocycles. The molecular weight excluding hydrogens is 263 g/mol. The number of fused-ring (bicyclic) bond motifs is 1. The average molecular weight is 280 g/mol. The summed E-state index contributed by atoms with van der Waals surface area (Å²) in [6, 6.07) is 16.8. The van der Waals surface area contributed by atoms with E-state index in [9.17, 15) is 4.39 Å². The van der Waals surface area contributed by atoms with Crippen molar-refractivity contribution in [2.75, 3.05) is 5.32 Å². The smallest absolute Gasteiger partial charge is 0.130 e. The highest BCUT2D eigenvalue weighted by Crippen LogP contribution is 2.25. The topological polar surface area (TPSA) is 24.9 Å². The predicted octanol–water partition coefficient (Wildman–Crippen LogP) is 4.86. The van der Waals surface area contributed by atoms with E-state index in [1.165, 1.54) is 6.07 Å². The molecule has 3 rings (SSSR count). The van der Waals surface area contributed by atoms with Crippen LogP contribution in [0.4, 0.5) is 10.2 Å². The Labute approximate surface area is 123 Å². The molecule has 0 spiro atoms. The van der Waals surface area contributed by atoms with Crippen LogP contribution in [0.25, 0.3) is 10.9 Å². The maximum Gasteiger partial charge on any atom is 0.130 e. The van der Waals surface area contributed by atoms with Gasteiger partial charge in [0.15, 0.2) is 0 Å². The van der Waals surface area contributed by atoms with Gasteiger partial charge in [0, 0.05) is 10.9 Å². The summed E-state index contributed by atoms with van der Waals surface area (Å²) in [5.74, 6) is 0.598. The number of nitrogens with one attached hydrogen (secondary N) is 1. The number of anilines is 1. The molecule has 0 aliphatic rings. The van der Waals surface area contributed by atoms with Crippen LogP contribution >= 0.6 is 0 Å². The van der Waals surface area contributed by atoms with Crippen molar-refractivity contribution in [2.24, 2.45) is 0 Å². The van der Waals surface area contributed by atoms with E-state index in [1.807, 2.05) is 44.2 Å². The number of benzene rings is 2. The number of hydrogen-bond acceptors (Lipinski definition) is 2. The fraction of sp³-hybridized carbons (Fsp3) is 0.167. The molecule has 1 heterocycles.